The van der Waals surface area contributed by atoms with Crippen molar-refractivity contribution in [2.45, 2.75) is 12.1 Å². The number of ether oxygens (including phenoxy) is 2. The second-order valence-corrected chi connectivity index (χ2v) is 6.92. The second-order valence-electron chi connectivity index (χ2n) is 5.98. The molecule has 0 aliphatic heterocycles. The zero-order valence-electron chi connectivity index (χ0n) is 16.7. The van der Waals surface area contributed by atoms with Crippen molar-refractivity contribution >= 4 is 29.2 Å². The summed E-state index contributed by atoms with van der Waals surface area (Å²) in [5.41, 5.74) is 4.65. The first-order valence-electron chi connectivity index (χ1n) is 8.83. The third-order valence-electron chi connectivity index (χ3n) is 4.06. The van der Waals surface area contributed by atoms with Gasteiger partial charge in [-0.15, -0.1) is 10.2 Å². The number of nitrogen functional groups attached to an aromatic ring is 1. The SMILES string of the molecule is COc1ccc(C(=O)CSc2nnc(N/N=C(\C)c3ccccn3)n2N)cc1OC. The number of Topliss-reactive ketones (excluding diaryl/α,β-unsaturated/α-hetero) is 1. The van der Waals surface area contributed by atoms with Gasteiger partial charge in [-0.05, 0) is 37.3 Å². The van der Waals surface area contributed by atoms with Gasteiger partial charge in [-0.2, -0.15) is 5.10 Å². The summed E-state index contributed by atoms with van der Waals surface area (Å²) < 4.78 is 11.7. The summed E-state index contributed by atoms with van der Waals surface area (Å²) in [7, 11) is 3.06. The summed E-state index contributed by atoms with van der Waals surface area (Å²) in [5.74, 6) is 7.32. The van der Waals surface area contributed by atoms with Crippen LogP contribution in [0.5, 0.6) is 11.5 Å². The zero-order chi connectivity index (χ0) is 21.5. The van der Waals surface area contributed by atoms with Gasteiger partial charge < -0.3 is 15.3 Å². The van der Waals surface area contributed by atoms with Gasteiger partial charge in [0.15, 0.2) is 17.3 Å². The highest BCUT2D eigenvalue weighted by Gasteiger charge is 2.15. The highest BCUT2D eigenvalue weighted by molar-refractivity contribution is 7.99. The number of nitrogens with zero attached hydrogens (tertiary/aromatic N) is 5. The molecule has 0 spiro atoms. The van der Waals surface area contributed by atoms with Crippen LogP contribution in [-0.2, 0) is 0 Å². The fourth-order valence-electron chi connectivity index (χ4n) is 2.44. The van der Waals surface area contributed by atoms with Gasteiger partial charge in [0.05, 0.1) is 31.4 Å². The molecule has 1 aromatic carbocycles. The molecule has 0 saturated carbocycles. The van der Waals surface area contributed by atoms with Crippen LogP contribution in [0.2, 0.25) is 0 Å². The maximum Gasteiger partial charge on any atom is 0.264 e. The van der Waals surface area contributed by atoms with Gasteiger partial charge in [-0.25, -0.2) is 10.1 Å². The van der Waals surface area contributed by atoms with E-state index in [0.717, 1.165) is 5.69 Å². The molecular formula is C19H21N7O3S. The van der Waals surface area contributed by atoms with Gasteiger partial charge in [0.1, 0.15) is 0 Å². The number of nitrogens with one attached hydrogen (secondary N) is 1. The van der Waals surface area contributed by atoms with Crippen molar-refractivity contribution in [1.82, 2.24) is 19.9 Å². The van der Waals surface area contributed by atoms with Gasteiger partial charge in [0.2, 0.25) is 5.16 Å². The molecule has 3 aromatic rings. The van der Waals surface area contributed by atoms with Gasteiger partial charge >= 0.3 is 0 Å². The average Bonchev–Trinajstić information content (AvgIpc) is 3.15. The standard InChI is InChI=1S/C19H21N7O3S/c1-12(14-6-4-5-9-21-14)22-23-18-24-25-19(26(18)20)30-11-15(27)13-7-8-16(28-2)17(10-13)29-3/h4-10H,11,20H2,1-3H3,(H,23,24)/b22-12+. The normalized spacial score (nSPS) is 11.2. The van der Waals surface area contributed by atoms with Gasteiger partial charge in [0.25, 0.3) is 5.95 Å². The van der Waals surface area contributed by atoms with Crippen molar-refractivity contribution in [1.29, 1.82) is 0 Å². The predicted molar refractivity (Wildman–Crippen MR) is 115 cm³/mol. The highest BCUT2D eigenvalue weighted by atomic mass is 32.2. The van der Waals surface area contributed by atoms with Crippen molar-refractivity contribution in [2.24, 2.45) is 5.10 Å². The molecule has 11 heteroatoms. The molecule has 156 valence electrons. The number of pyridine rings is 1. The Kier molecular flexibility index (Phi) is 6.86. The fraction of sp³-hybridized carbons (Fsp3) is 0.211. The van der Waals surface area contributed by atoms with Crippen LogP contribution in [-0.4, -0.2) is 51.3 Å². The van der Waals surface area contributed by atoms with Gasteiger partial charge in [-0.1, -0.05) is 17.8 Å². The fourth-order valence-corrected chi connectivity index (χ4v) is 3.19. The van der Waals surface area contributed by atoms with E-state index in [4.69, 9.17) is 15.3 Å². The molecule has 0 bridgehead atoms. The Balaban J connectivity index is 1.63. The van der Waals surface area contributed by atoms with Crippen molar-refractivity contribution in [3.8, 4) is 11.5 Å². The summed E-state index contributed by atoms with van der Waals surface area (Å²) in [6.07, 6.45) is 1.68. The number of ketones is 1. The summed E-state index contributed by atoms with van der Waals surface area (Å²) in [6.45, 7) is 1.81. The smallest absolute Gasteiger partial charge is 0.264 e. The summed E-state index contributed by atoms with van der Waals surface area (Å²) in [5, 5.41) is 12.6. The van der Waals surface area contributed by atoms with Crippen LogP contribution in [0.4, 0.5) is 5.95 Å². The number of hydrogen-bond acceptors (Lipinski definition) is 10. The molecular weight excluding hydrogens is 406 g/mol. The number of carbonyl (C=O) groups is 1. The molecule has 0 saturated heterocycles. The molecule has 0 atom stereocenters. The van der Waals surface area contributed by atoms with Crippen LogP contribution < -0.4 is 20.7 Å². The minimum atomic E-state index is -0.109. The molecule has 2 aromatic heterocycles. The minimum absolute atomic E-state index is 0.109. The van der Waals surface area contributed by atoms with E-state index in [-0.39, 0.29) is 17.5 Å². The van der Waals surface area contributed by atoms with Crippen LogP contribution in [0.15, 0.2) is 52.9 Å². The molecule has 3 N–H and O–H groups in total. The number of methoxy groups -OCH3 is 2. The lowest BCUT2D eigenvalue weighted by Crippen LogP contribution is -2.14. The number of hydrazone groups is 1. The van der Waals surface area contributed by atoms with Gasteiger partial charge in [-0.3, -0.25) is 9.78 Å². The Morgan fingerprint density at radius 1 is 1.20 bits per heavy atom. The van der Waals surface area contributed by atoms with E-state index < -0.39 is 0 Å². The van der Waals surface area contributed by atoms with Gasteiger partial charge in [0, 0.05) is 11.8 Å². The maximum atomic E-state index is 12.5. The van der Waals surface area contributed by atoms with E-state index in [9.17, 15) is 4.79 Å². The van der Waals surface area contributed by atoms with E-state index in [1.54, 1.807) is 24.4 Å². The molecule has 0 aliphatic rings. The third-order valence-corrected chi connectivity index (χ3v) is 5.00. The number of aromatic nitrogens is 4. The lowest BCUT2D eigenvalue weighted by Gasteiger charge is -2.09. The largest absolute Gasteiger partial charge is 0.493 e. The van der Waals surface area contributed by atoms with Crippen molar-refractivity contribution in [3.63, 3.8) is 0 Å². The van der Waals surface area contributed by atoms with Crippen LogP contribution in [0.1, 0.15) is 23.0 Å². The minimum Gasteiger partial charge on any atom is -0.493 e. The lowest BCUT2D eigenvalue weighted by molar-refractivity contribution is 0.102. The molecule has 10 nitrogen and oxygen atoms in total. The molecule has 0 amide bonds. The van der Waals surface area contributed by atoms with Crippen molar-refractivity contribution in [3.05, 3.63) is 53.9 Å². The topological polar surface area (TPSA) is 130 Å². The van der Waals surface area contributed by atoms with E-state index in [1.807, 2.05) is 25.1 Å². The Morgan fingerprint density at radius 3 is 2.70 bits per heavy atom. The number of nitrogens with two attached hydrogens (primary N) is 1. The monoisotopic (exact) mass is 427 g/mol. The Labute approximate surface area is 177 Å². The average molecular weight is 427 g/mol. The first kappa shape index (κ1) is 21.1. The van der Waals surface area contributed by atoms with Crippen LogP contribution in [0.25, 0.3) is 0 Å². The molecule has 0 aliphatic carbocycles. The first-order chi connectivity index (χ1) is 14.5. The molecule has 0 unspecified atom stereocenters. The molecule has 0 radical (unpaired) electrons. The number of rotatable bonds is 9. The lowest BCUT2D eigenvalue weighted by atomic mass is 10.1. The Hall–Kier alpha value is -3.60. The molecule has 0 fully saturated rings. The number of carbonyl (C=O) groups excluding carboxylic acids is 1. The first-order valence-corrected chi connectivity index (χ1v) is 9.82. The predicted octanol–water partition coefficient (Wildman–Crippen LogP) is 2.22. The second kappa shape index (κ2) is 9.74. The number of anilines is 1. The van der Waals surface area contributed by atoms with Crippen LogP contribution in [0, 0.1) is 0 Å². The number of thioether (sulfide) groups is 1. The summed E-state index contributed by atoms with van der Waals surface area (Å²) in [4.78, 5) is 16.7. The Morgan fingerprint density at radius 2 is 2.00 bits per heavy atom. The van der Waals surface area contributed by atoms with E-state index in [1.165, 1.54) is 30.7 Å². The Bertz CT molecular complexity index is 1050. The maximum absolute atomic E-state index is 12.5. The van der Waals surface area contributed by atoms with E-state index in [0.29, 0.717) is 27.9 Å². The summed E-state index contributed by atoms with van der Waals surface area (Å²) in [6, 6.07) is 10.5. The van der Waals surface area contributed by atoms with Crippen LogP contribution >= 0.6 is 11.8 Å². The number of hydrogen-bond donors (Lipinski definition) is 2. The third kappa shape index (κ3) is 4.87. The highest BCUT2D eigenvalue weighted by Crippen LogP contribution is 2.28. The van der Waals surface area contributed by atoms with Crippen molar-refractivity contribution < 1.29 is 14.3 Å². The van der Waals surface area contributed by atoms with E-state index in [2.05, 4.69) is 25.7 Å². The molecule has 3 rings (SSSR count). The molecule has 2 heterocycles. The van der Waals surface area contributed by atoms with Crippen LogP contribution in [0.3, 0.4) is 0 Å². The quantitative estimate of drug-likeness (QED) is 0.173. The number of benzene rings is 1. The zero-order valence-corrected chi connectivity index (χ0v) is 17.5. The summed E-state index contributed by atoms with van der Waals surface area (Å²) >= 11 is 1.17. The van der Waals surface area contributed by atoms with E-state index >= 15 is 0 Å². The molecule has 30 heavy (non-hydrogen) atoms. The van der Waals surface area contributed by atoms with Crippen molar-refractivity contribution in [2.75, 3.05) is 31.2 Å².